The van der Waals surface area contributed by atoms with E-state index in [-0.39, 0.29) is 19.2 Å². The van der Waals surface area contributed by atoms with Crippen molar-refractivity contribution in [2.75, 3.05) is 18.5 Å². The van der Waals surface area contributed by atoms with E-state index in [0.29, 0.717) is 22.3 Å². The molecule has 116 valence electrons. The van der Waals surface area contributed by atoms with Gasteiger partial charge < -0.3 is 15.3 Å². The molecule has 2 aromatic rings. The number of para-hydroxylation sites is 1. The number of anilines is 1. The van der Waals surface area contributed by atoms with Gasteiger partial charge >= 0.3 is 6.03 Å². The van der Waals surface area contributed by atoms with Gasteiger partial charge in [0.2, 0.25) is 0 Å². The Morgan fingerprint density at radius 1 is 1.09 bits per heavy atom. The third-order valence-electron chi connectivity index (χ3n) is 3.04. The Morgan fingerprint density at radius 3 is 2.45 bits per heavy atom. The number of aliphatic hydroxyl groups is 1. The van der Waals surface area contributed by atoms with Crippen LogP contribution in [0.2, 0.25) is 10.0 Å². The summed E-state index contributed by atoms with van der Waals surface area (Å²) in [4.78, 5) is 13.8. The Balaban J connectivity index is 2.08. The van der Waals surface area contributed by atoms with E-state index in [2.05, 4.69) is 5.32 Å². The summed E-state index contributed by atoms with van der Waals surface area (Å²) in [6.07, 6.45) is 0. The molecule has 0 saturated heterocycles. The summed E-state index contributed by atoms with van der Waals surface area (Å²) < 4.78 is 0. The quantitative estimate of drug-likeness (QED) is 0.864. The van der Waals surface area contributed by atoms with Crippen molar-refractivity contribution in [2.45, 2.75) is 6.54 Å². The van der Waals surface area contributed by atoms with Crippen LogP contribution < -0.4 is 5.32 Å². The number of aliphatic hydroxyl groups excluding tert-OH is 1. The van der Waals surface area contributed by atoms with Gasteiger partial charge in [-0.05, 0) is 29.8 Å². The summed E-state index contributed by atoms with van der Waals surface area (Å²) in [6, 6.07) is 14.1. The molecule has 6 heteroatoms. The van der Waals surface area contributed by atoms with E-state index in [0.717, 1.165) is 5.56 Å². The molecule has 0 aliphatic carbocycles. The van der Waals surface area contributed by atoms with Crippen LogP contribution in [0.15, 0.2) is 48.5 Å². The Labute approximate surface area is 139 Å². The van der Waals surface area contributed by atoms with Crippen LogP contribution in [0, 0.1) is 0 Å². The van der Waals surface area contributed by atoms with Gasteiger partial charge in [0.15, 0.2) is 0 Å². The van der Waals surface area contributed by atoms with Gasteiger partial charge in [-0.2, -0.15) is 0 Å². The lowest BCUT2D eigenvalue weighted by molar-refractivity contribution is 0.185. The van der Waals surface area contributed by atoms with Crippen LogP contribution in [-0.2, 0) is 6.54 Å². The lowest BCUT2D eigenvalue weighted by Gasteiger charge is -2.22. The van der Waals surface area contributed by atoms with E-state index in [1.165, 1.54) is 4.90 Å². The van der Waals surface area contributed by atoms with E-state index >= 15 is 0 Å². The Hall–Kier alpha value is -1.75. The number of carbonyl (C=O) groups excluding carboxylic acids is 1. The average molecular weight is 339 g/mol. The van der Waals surface area contributed by atoms with Crippen LogP contribution in [0.3, 0.4) is 0 Å². The molecule has 0 aliphatic heterocycles. The number of halogens is 2. The van der Waals surface area contributed by atoms with Gasteiger partial charge in [-0.15, -0.1) is 0 Å². The summed E-state index contributed by atoms with van der Waals surface area (Å²) in [7, 11) is 0. The zero-order valence-corrected chi connectivity index (χ0v) is 13.3. The highest BCUT2D eigenvalue weighted by Crippen LogP contribution is 2.23. The van der Waals surface area contributed by atoms with E-state index in [4.69, 9.17) is 28.3 Å². The zero-order chi connectivity index (χ0) is 15.9. The maximum atomic E-state index is 12.3. The predicted molar refractivity (Wildman–Crippen MR) is 89.4 cm³/mol. The van der Waals surface area contributed by atoms with Crippen LogP contribution >= 0.6 is 23.2 Å². The molecule has 0 unspecified atom stereocenters. The molecule has 0 aliphatic rings. The van der Waals surface area contributed by atoms with Gasteiger partial charge in [0.05, 0.1) is 16.7 Å². The molecule has 0 atom stereocenters. The maximum absolute atomic E-state index is 12.3. The molecule has 4 nitrogen and oxygen atoms in total. The van der Waals surface area contributed by atoms with Crippen molar-refractivity contribution in [3.8, 4) is 0 Å². The largest absolute Gasteiger partial charge is 0.395 e. The molecule has 0 fully saturated rings. The van der Waals surface area contributed by atoms with Crippen LogP contribution in [0.4, 0.5) is 10.5 Å². The van der Waals surface area contributed by atoms with Gasteiger partial charge in [0.1, 0.15) is 0 Å². The molecular formula is C16H16Cl2N2O2. The smallest absolute Gasteiger partial charge is 0.322 e. The van der Waals surface area contributed by atoms with E-state index < -0.39 is 0 Å². The van der Waals surface area contributed by atoms with Crippen molar-refractivity contribution in [1.29, 1.82) is 0 Å². The number of nitrogens with zero attached hydrogens (tertiary/aromatic N) is 1. The Kier molecular flexibility index (Phi) is 6.07. The summed E-state index contributed by atoms with van der Waals surface area (Å²) in [5.74, 6) is 0. The number of amides is 2. The highest BCUT2D eigenvalue weighted by molar-refractivity contribution is 6.42. The van der Waals surface area contributed by atoms with Crippen LogP contribution in [-0.4, -0.2) is 29.2 Å². The van der Waals surface area contributed by atoms with Gasteiger partial charge in [-0.1, -0.05) is 47.5 Å². The topological polar surface area (TPSA) is 52.6 Å². The fraction of sp³-hybridized carbons (Fsp3) is 0.188. The first-order valence-electron chi connectivity index (χ1n) is 6.76. The maximum Gasteiger partial charge on any atom is 0.322 e. The fourth-order valence-electron chi connectivity index (χ4n) is 1.96. The summed E-state index contributed by atoms with van der Waals surface area (Å²) in [5, 5.41) is 12.9. The molecular weight excluding hydrogens is 323 g/mol. The first-order valence-corrected chi connectivity index (χ1v) is 7.51. The molecule has 22 heavy (non-hydrogen) atoms. The van der Waals surface area contributed by atoms with E-state index in [9.17, 15) is 4.79 Å². The van der Waals surface area contributed by atoms with Gasteiger partial charge in [-0.3, -0.25) is 0 Å². The average Bonchev–Trinajstić information content (AvgIpc) is 2.51. The minimum absolute atomic E-state index is 0.121. The van der Waals surface area contributed by atoms with Crippen molar-refractivity contribution >= 4 is 34.9 Å². The van der Waals surface area contributed by atoms with Gasteiger partial charge in [0, 0.05) is 18.8 Å². The number of hydrogen-bond acceptors (Lipinski definition) is 2. The normalized spacial score (nSPS) is 10.3. The SMILES string of the molecule is O=C(Nc1ccccc1)N(CCO)Cc1ccc(Cl)c(Cl)c1. The monoisotopic (exact) mass is 338 g/mol. The van der Waals surface area contributed by atoms with E-state index in [1.807, 2.05) is 18.2 Å². The number of hydrogen-bond donors (Lipinski definition) is 2. The van der Waals surface area contributed by atoms with Gasteiger partial charge in [0.25, 0.3) is 0 Å². The van der Waals surface area contributed by atoms with Gasteiger partial charge in [-0.25, -0.2) is 4.79 Å². The van der Waals surface area contributed by atoms with Crippen molar-refractivity contribution < 1.29 is 9.90 Å². The van der Waals surface area contributed by atoms with Crippen LogP contribution in [0.25, 0.3) is 0 Å². The Morgan fingerprint density at radius 2 is 1.82 bits per heavy atom. The number of urea groups is 1. The summed E-state index contributed by atoms with van der Waals surface area (Å²) in [5.41, 5.74) is 1.54. The molecule has 2 aromatic carbocycles. The lowest BCUT2D eigenvalue weighted by atomic mass is 10.2. The minimum Gasteiger partial charge on any atom is -0.395 e. The highest BCUT2D eigenvalue weighted by Gasteiger charge is 2.14. The summed E-state index contributed by atoms with van der Waals surface area (Å²) >= 11 is 11.9. The highest BCUT2D eigenvalue weighted by atomic mass is 35.5. The van der Waals surface area contributed by atoms with Crippen molar-refractivity contribution in [1.82, 2.24) is 4.90 Å². The molecule has 0 heterocycles. The molecule has 0 spiro atoms. The van der Waals surface area contributed by atoms with Crippen molar-refractivity contribution in [3.05, 3.63) is 64.1 Å². The lowest BCUT2D eigenvalue weighted by Crippen LogP contribution is -2.36. The summed E-state index contributed by atoms with van der Waals surface area (Å²) in [6.45, 7) is 0.429. The molecule has 2 rings (SSSR count). The minimum atomic E-state index is -0.286. The first kappa shape index (κ1) is 16.6. The van der Waals surface area contributed by atoms with Crippen molar-refractivity contribution in [2.24, 2.45) is 0 Å². The second kappa shape index (κ2) is 8.03. The number of benzene rings is 2. The fourth-order valence-corrected chi connectivity index (χ4v) is 2.28. The third-order valence-corrected chi connectivity index (χ3v) is 3.78. The second-order valence-electron chi connectivity index (χ2n) is 4.69. The number of nitrogens with one attached hydrogen (secondary N) is 1. The second-order valence-corrected chi connectivity index (χ2v) is 5.50. The standard InChI is InChI=1S/C16H16Cl2N2O2/c17-14-7-6-12(10-15(14)18)11-20(8-9-21)16(22)19-13-4-2-1-3-5-13/h1-7,10,21H,8-9,11H2,(H,19,22). The van der Waals surface area contributed by atoms with Crippen LogP contribution in [0.1, 0.15) is 5.56 Å². The number of rotatable bonds is 5. The molecule has 0 radical (unpaired) electrons. The first-order chi connectivity index (χ1) is 10.6. The van der Waals surface area contributed by atoms with E-state index in [1.54, 1.807) is 30.3 Å². The molecule has 2 amide bonds. The molecule has 0 bridgehead atoms. The van der Waals surface area contributed by atoms with Crippen LogP contribution in [0.5, 0.6) is 0 Å². The predicted octanol–water partition coefficient (Wildman–Crippen LogP) is 4.02. The Bertz CT molecular complexity index is 635. The molecule has 2 N–H and O–H groups in total. The van der Waals surface area contributed by atoms with Crippen molar-refractivity contribution in [3.63, 3.8) is 0 Å². The molecule has 0 saturated carbocycles. The third kappa shape index (κ3) is 4.63. The molecule has 0 aromatic heterocycles. The number of carbonyl (C=O) groups is 1. The zero-order valence-electron chi connectivity index (χ0n) is 11.8.